The van der Waals surface area contributed by atoms with E-state index in [4.69, 9.17) is 10.6 Å². The smallest absolute Gasteiger partial charge is 0.233 e. The number of carbonyl (C=O) groups excluding carboxylic acids is 1. The highest BCUT2D eigenvalue weighted by Crippen LogP contribution is 2.26. The number of carbonyl (C=O) groups is 1. The average Bonchev–Trinajstić information content (AvgIpc) is 3.37. The highest BCUT2D eigenvalue weighted by molar-refractivity contribution is 8.00. The number of nitrogens with two attached hydrogens (primary N) is 1. The van der Waals surface area contributed by atoms with Crippen molar-refractivity contribution in [2.24, 2.45) is 0 Å². The van der Waals surface area contributed by atoms with Gasteiger partial charge in [-0.2, -0.15) is 0 Å². The Morgan fingerprint density at radius 1 is 1.33 bits per heavy atom. The van der Waals surface area contributed by atoms with Crippen LogP contribution in [0.3, 0.4) is 0 Å². The van der Waals surface area contributed by atoms with Crippen LogP contribution in [-0.4, -0.2) is 32.1 Å². The number of nitrogens with zero attached hydrogens (tertiary/aromatic N) is 3. The van der Waals surface area contributed by atoms with Gasteiger partial charge in [0.05, 0.1) is 5.25 Å². The standard InChI is InChI=1S/C19H27N5O2S/c1-12(17(25)21-14-7-8-14)27-18-23-22-16(24(18)20)11-26-15-9-5-13(6-10-15)19(2,3)4/h5-6,9-10,12,14H,7-8,11,20H2,1-4H3,(H,21,25)/t12-/m0/s1. The van der Waals surface area contributed by atoms with Crippen molar-refractivity contribution in [1.82, 2.24) is 20.2 Å². The molecular formula is C19H27N5O2S. The maximum Gasteiger partial charge on any atom is 0.233 e. The zero-order chi connectivity index (χ0) is 19.6. The van der Waals surface area contributed by atoms with E-state index in [1.807, 2.05) is 19.1 Å². The Kier molecular flexibility index (Phi) is 5.64. The Morgan fingerprint density at radius 3 is 2.59 bits per heavy atom. The Bertz CT molecular complexity index is 793. The van der Waals surface area contributed by atoms with Crippen LogP contribution in [0.1, 0.15) is 51.9 Å². The Hall–Kier alpha value is -2.22. The third-order valence-electron chi connectivity index (χ3n) is 4.40. The molecule has 0 saturated heterocycles. The highest BCUT2D eigenvalue weighted by Gasteiger charge is 2.27. The first-order valence-corrected chi connectivity index (χ1v) is 10.0. The van der Waals surface area contributed by atoms with Gasteiger partial charge in [0.25, 0.3) is 0 Å². The molecule has 3 rings (SSSR count). The zero-order valence-corrected chi connectivity index (χ0v) is 17.0. The van der Waals surface area contributed by atoms with Gasteiger partial charge in [0.2, 0.25) is 11.1 Å². The van der Waals surface area contributed by atoms with E-state index in [0.29, 0.717) is 17.0 Å². The van der Waals surface area contributed by atoms with E-state index in [1.165, 1.54) is 22.0 Å². The van der Waals surface area contributed by atoms with Crippen molar-refractivity contribution in [2.75, 3.05) is 5.84 Å². The molecule has 0 radical (unpaired) electrons. The minimum Gasteiger partial charge on any atom is -0.486 e. The number of benzene rings is 1. The van der Waals surface area contributed by atoms with E-state index >= 15 is 0 Å². The normalized spacial score (nSPS) is 15.4. The fourth-order valence-electron chi connectivity index (χ4n) is 2.44. The second-order valence-corrected chi connectivity index (χ2v) is 9.18. The summed E-state index contributed by atoms with van der Waals surface area (Å²) in [5.74, 6) is 7.33. The van der Waals surface area contributed by atoms with Gasteiger partial charge in [-0.3, -0.25) is 4.79 Å². The molecule has 2 aromatic rings. The van der Waals surface area contributed by atoms with Crippen LogP contribution in [0.25, 0.3) is 0 Å². The van der Waals surface area contributed by atoms with E-state index in [9.17, 15) is 4.79 Å². The van der Waals surface area contributed by atoms with Crippen molar-refractivity contribution in [3.05, 3.63) is 35.7 Å². The first-order chi connectivity index (χ1) is 12.7. The number of ether oxygens (including phenoxy) is 1. The van der Waals surface area contributed by atoms with E-state index < -0.39 is 0 Å². The van der Waals surface area contributed by atoms with Crippen molar-refractivity contribution in [1.29, 1.82) is 0 Å². The molecule has 1 atom stereocenters. The lowest BCUT2D eigenvalue weighted by Crippen LogP contribution is -2.32. The first kappa shape index (κ1) is 19.5. The number of rotatable bonds is 7. The molecular weight excluding hydrogens is 362 g/mol. The van der Waals surface area contributed by atoms with Gasteiger partial charge >= 0.3 is 0 Å². The summed E-state index contributed by atoms with van der Waals surface area (Å²) in [6, 6.07) is 8.34. The number of amides is 1. The lowest BCUT2D eigenvalue weighted by molar-refractivity contribution is -0.120. The number of thioether (sulfide) groups is 1. The maximum absolute atomic E-state index is 12.1. The van der Waals surface area contributed by atoms with E-state index in [1.54, 1.807) is 0 Å². The summed E-state index contributed by atoms with van der Waals surface area (Å²) in [5, 5.41) is 11.4. The third-order valence-corrected chi connectivity index (χ3v) is 5.46. The average molecular weight is 390 g/mol. The van der Waals surface area contributed by atoms with Crippen molar-refractivity contribution in [3.8, 4) is 5.75 Å². The SMILES string of the molecule is C[C@H](Sc1nnc(COc2ccc(C(C)(C)C)cc2)n1N)C(=O)NC1CC1. The third kappa shape index (κ3) is 5.15. The highest BCUT2D eigenvalue weighted by atomic mass is 32.2. The van der Waals surface area contributed by atoms with Crippen LogP contribution >= 0.6 is 11.8 Å². The molecule has 1 aliphatic carbocycles. The molecule has 146 valence electrons. The van der Waals surface area contributed by atoms with Gasteiger partial charge < -0.3 is 15.9 Å². The molecule has 1 saturated carbocycles. The molecule has 0 bridgehead atoms. The summed E-state index contributed by atoms with van der Waals surface area (Å²) < 4.78 is 7.16. The maximum atomic E-state index is 12.1. The van der Waals surface area contributed by atoms with Crippen LogP contribution < -0.4 is 15.9 Å². The van der Waals surface area contributed by atoms with Crippen LogP contribution in [0.5, 0.6) is 5.75 Å². The minimum absolute atomic E-state index is 0.00207. The van der Waals surface area contributed by atoms with Crippen molar-refractivity contribution in [3.63, 3.8) is 0 Å². The van der Waals surface area contributed by atoms with Crippen molar-refractivity contribution >= 4 is 17.7 Å². The van der Waals surface area contributed by atoms with Gasteiger partial charge in [-0.15, -0.1) is 10.2 Å². The predicted molar refractivity (Wildman–Crippen MR) is 106 cm³/mol. The molecule has 0 unspecified atom stereocenters. The van der Waals surface area contributed by atoms with Crippen LogP contribution in [0, 0.1) is 0 Å². The summed E-state index contributed by atoms with van der Waals surface area (Å²) in [6.07, 6.45) is 2.13. The predicted octanol–water partition coefficient (Wildman–Crippen LogP) is 2.63. The fourth-order valence-corrected chi connectivity index (χ4v) is 3.24. The molecule has 7 nitrogen and oxygen atoms in total. The largest absolute Gasteiger partial charge is 0.486 e. The monoisotopic (exact) mass is 389 g/mol. The van der Waals surface area contributed by atoms with Crippen molar-refractivity contribution < 1.29 is 9.53 Å². The zero-order valence-electron chi connectivity index (χ0n) is 16.2. The molecule has 0 aliphatic heterocycles. The number of nitrogens with one attached hydrogen (secondary N) is 1. The molecule has 1 fully saturated rings. The molecule has 0 spiro atoms. The number of aromatic nitrogens is 3. The van der Waals surface area contributed by atoms with Crippen LogP contribution in [0.2, 0.25) is 0 Å². The number of hydrogen-bond donors (Lipinski definition) is 2. The molecule has 1 heterocycles. The molecule has 1 aromatic carbocycles. The van der Waals surface area contributed by atoms with Gasteiger partial charge in [-0.05, 0) is 42.9 Å². The topological polar surface area (TPSA) is 95.1 Å². The lowest BCUT2D eigenvalue weighted by Gasteiger charge is -2.19. The van der Waals surface area contributed by atoms with Gasteiger partial charge in [0.15, 0.2) is 5.82 Å². The van der Waals surface area contributed by atoms with Crippen LogP contribution in [0.4, 0.5) is 0 Å². The summed E-state index contributed by atoms with van der Waals surface area (Å²) in [6.45, 7) is 8.56. The molecule has 1 aliphatic rings. The van der Waals surface area contributed by atoms with Crippen molar-refractivity contribution in [2.45, 2.75) is 69.0 Å². The van der Waals surface area contributed by atoms with Gasteiger partial charge in [0.1, 0.15) is 12.4 Å². The Balaban J connectivity index is 1.56. The molecule has 1 amide bonds. The summed E-state index contributed by atoms with van der Waals surface area (Å²) in [5.41, 5.74) is 1.35. The summed E-state index contributed by atoms with van der Waals surface area (Å²) >= 11 is 1.29. The van der Waals surface area contributed by atoms with E-state index in [0.717, 1.165) is 18.6 Å². The minimum atomic E-state index is -0.282. The summed E-state index contributed by atoms with van der Waals surface area (Å²) in [4.78, 5) is 12.1. The van der Waals surface area contributed by atoms with E-state index in [2.05, 4.69) is 48.4 Å². The Labute approximate surface area is 164 Å². The second kappa shape index (κ2) is 7.80. The van der Waals surface area contributed by atoms with Crippen LogP contribution in [-0.2, 0) is 16.8 Å². The Morgan fingerprint density at radius 2 is 2.00 bits per heavy atom. The number of hydrogen-bond acceptors (Lipinski definition) is 6. The van der Waals surface area contributed by atoms with Crippen LogP contribution in [0.15, 0.2) is 29.4 Å². The lowest BCUT2D eigenvalue weighted by atomic mass is 9.87. The summed E-state index contributed by atoms with van der Waals surface area (Å²) in [7, 11) is 0. The van der Waals surface area contributed by atoms with Gasteiger partial charge in [0, 0.05) is 6.04 Å². The molecule has 1 aromatic heterocycles. The quantitative estimate of drug-likeness (QED) is 0.558. The second-order valence-electron chi connectivity index (χ2n) is 7.87. The van der Waals surface area contributed by atoms with Gasteiger partial charge in [-0.1, -0.05) is 44.7 Å². The molecule has 27 heavy (non-hydrogen) atoms. The van der Waals surface area contributed by atoms with Gasteiger partial charge in [-0.25, -0.2) is 4.68 Å². The first-order valence-electron chi connectivity index (χ1n) is 9.14. The fraction of sp³-hybridized carbons (Fsp3) is 0.526. The molecule has 3 N–H and O–H groups in total. The molecule has 8 heteroatoms. The number of nitrogen functional groups attached to an aromatic ring is 1. The van der Waals surface area contributed by atoms with E-state index in [-0.39, 0.29) is 23.2 Å².